The van der Waals surface area contributed by atoms with Crippen LogP contribution in [0.2, 0.25) is 0 Å². The first-order valence-corrected chi connectivity index (χ1v) is 15.5. The van der Waals surface area contributed by atoms with Gasteiger partial charge in [0, 0.05) is 26.8 Å². The molecular formula is C29H50N6O13. The Hall–Kier alpha value is -3.75. The van der Waals surface area contributed by atoms with Gasteiger partial charge < -0.3 is 62.6 Å². The fourth-order valence-corrected chi connectivity index (χ4v) is 5.30. The number of rotatable bonds is 20. The Bertz CT molecular complexity index is 1190. The number of carbonyl (C=O) groups is 7. The van der Waals surface area contributed by atoms with Crippen molar-refractivity contribution in [2.24, 2.45) is 23.1 Å². The third kappa shape index (κ3) is 11.2. The van der Waals surface area contributed by atoms with E-state index in [1.54, 1.807) is 13.8 Å². The van der Waals surface area contributed by atoms with Crippen molar-refractivity contribution in [1.82, 2.24) is 15.5 Å². The van der Waals surface area contributed by atoms with Gasteiger partial charge in [0.05, 0.1) is 12.6 Å². The van der Waals surface area contributed by atoms with E-state index in [2.05, 4.69) is 10.6 Å². The van der Waals surface area contributed by atoms with Gasteiger partial charge in [-0.1, -0.05) is 13.8 Å². The Morgan fingerprint density at radius 2 is 1.65 bits per heavy atom. The molecule has 1 unspecified atom stereocenters. The molecule has 1 aliphatic heterocycles. The summed E-state index contributed by atoms with van der Waals surface area (Å²) in [4.78, 5) is 87.4. The molecule has 48 heavy (non-hydrogen) atoms. The second-order valence-corrected chi connectivity index (χ2v) is 12.2. The minimum absolute atomic E-state index is 0.183. The fraction of sp³-hybridized carbons (Fsp3) is 0.759. The van der Waals surface area contributed by atoms with E-state index in [4.69, 9.17) is 26.7 Å². The molecule has 19 nitrogen and oxygen atoms in total. The van der Waals surface area contributed by atoms with Crippen LogP contribution in [0.25, 0.3) is 0 Å². The van der Waals surface area contributed by atoms with Crippen LogP contribution in [0.5, 0.6) is 0 Å². The van der Waals surface area contributed by atoms with E-state index < -0.39 is 115 Å². The molecule has 0 aromatic rings. The number of aliphatic carboxylic acids is 2. The van der Waals surface area contributed by atoms with Crippen molar-refractivity contribution in [2.75, 3.05) is 13.2 Å². The summed E-state index contributed by atoms with van der Waals surface area (Å²) in [6.45, 7) is 6.14. The predicted octanol–water partition coefficient (Wildman–Crippen LogP) is -3.47. The maximum absolute atomic E-state index is 13.7. The average Bonchev–Trinajstić information content (AvgIpc) is 2.98. The highest BCUT2D eigenvalue weighted by atomic mass is 16.6. The molecule has 19 heteroatoms. The lowest BCUT2D eigenvalue weighted by Gasteiger charge is -2.49. The Kier molecular flexibility index (Phi) is 16.5. The smallest absolute Gasteiger partial charge is 0.332 e. The summed E-state index contributed by atoms with van der Waals surface area (Å²) >= 11 is 0. The standard InChI is InChI=1S/C29H50N6O13/c1-13(2)21(35(16(5)38)26-20(30)23(47-14(3)27(43)44)22(40)18(12-36)48-26)25(42)34-17(24(31)41)8-9-19(39)29(32,28(45)46)10-6-7-11-33-15(4)37/h13-14,17-18,20-23,26,36,40H,6-12,30,32H2,1-5H3,(H2,31,41)(H,33,37)(H,34,42)(H,43,44)(H,45,46)/t14-,17-,18-,20-,21+,22-,23-,26?,29-/m1/s1. The number of carbonyl (C=O) groups excluding carboxylic acids is 5. The van der Waals surface area contributed by atoms with E-state index in [1.165, 1.54) is 13.8 Å². The molecule has 0 aromatic carbocycles. The number of unbranched alkanes of at least 4 members (excludes halogenated alkanes) is 1. The molecule has 0 saturated carbocycles. The summed E-state index contributed by atoms with van der Waals surface area (Å²) in [6, 6.07) is -4.38. The molecule has 12 N–H and O–H groups in total. The molecule has 9 atom stereocenters. The van der Waals surface area contributed by atoms with Crippen LogP contribution in [-0.4, -0.2) is 134 Å². The van der Waals surface area contributed by atoms with Crippen molar-refractivity contribution in [3.05, 3.63) is 0 Å². The van der Waals surface area contributed by atoms with E-state index in [-0.39, 0.29) is 25.3 Å². The molecule has 1 aliphatic rings. The van der Waals surface area contributed by atoms with Gasteiger partial charge in [-0.25, -0.2) is 9.59 Å². The summed E-state index contributed by atoms with van der Waals surface area (Å²) in [6.07, 6.45) is -8.23. The van der Waals surface area contributed by atoms with E-state index in [1.807, 2.05) is 0 Å². The topological polar surface area (TPSA) is 324 Å². The number of carboxylic acid groups (broad SMARTS) is 2. The third-order valence-electron chi connectivity index (χ3n) is 8.04. The van der Waals surface area contributed by atoms with Gasteiger partial charge in [0.2, 0.25) is 23.6 Å². The Morgan fingerprint density at radius 1 is 1.04 bits per heavy atom. The van der Waals surface area contributed by atoms with Crippen LogP contribution in [0.3, 0.4) is 0 Å². The molecule has 4 amide bonds. The number of aliphatic hydroxyl groups excluding tert-OH is 2. The zero-order valence-corrected chi connectivity index (χ0v) is 27.8. The highest BCUT2D eigenvalue weighted by molar-refractivity contribution is 6.07. The monoisotopic (exact) mass is 690 g/mol. The second-order valence-electron chi connectivity index (χ2n) is 12.2. The van der Waals surface area contributed by atoms with Gasteiger partial charge in [-0.05, 0) is 38.5 Å². The first-order valence-electron chi connectivity index (χ1n) is 15.5. The Morgan fingerprint density at radius 3 is 2.10 bits per heavy atom. The van der Waals surface area contributed by atoms with Crippen molar-refractivity contribution < 1.29 is 63.5 Å². The number of nitrogens with one attached hydrogen (secondary N) is 2. The van der Waals surface area contributed by atoms with Gasteiger partial charge in [0.25, 0.3) is 0 Å². The largest absolute Gasteiger partial charge is 0.480 e. The molecule has 0 aromatic heterocycles. The highest BCUT2D eigenvalue weighted by Gasteiger charge is 2.51. The molecule has 0 bridgehead atoms. The normalized spacial score (nSPS) is 24.0. The van der Waals surface area contributed by atoms with E-state index >= 15 is 0 Å². The van der Waals surface area contributed by atoms with E-state index in [0.29, 0.717) is 6.42 Å². The summed E-state index contributed by atoms with van der Waals surface area (Å²) in [5, 5.41) is 44.5. The van der Waals surface area contributed by atoms with Gasteiger partial charge in [-0.2, -0.15) is 0 Å². The molecule has 0 radical (unpaired) electrons. The van der Waals surface area contributed by atoms with Crippen molar-refractivity contribution in [3.63, 3.8) is 0 Å². The molecule has 1 fully saturated rings. The lowest BCUT2D eigenvalue weighted by molar-refractivity contribution is -0.247. The SMILES string of the molecule is CC(=O)NCCCC[C@](N)(C(=O)O)C(=O)CC[C@@H](NC(=O)[C@H](C(C)C)N(C(C)=O)C1O[C@H](CO)[C@@H](O)[C@H](O[C@H](C)C(=O)O)[C@H]1N)C(N)=O. The van der Waals surface area contributed by atoms with Crippen LogP contribution in [0.4, 0.5) is 0 Å². The van der Waals surface area contributed by atoms with E-state index in [0.717, 1.165) is 11.8 Å². The Balaban J connectivity index is 3.24. The number of hydrogen-bond acceptors (Lipinski definition) is 13. The first-order chi connectivity index (χ1) is 22.2. The zero-order chi connectivity index (χ0) is 37.1. The van der Waals surface area contributed by atoms with Crippen LogP contribution in [0, 0.1) is 5.92 Å². The summed E-state index contributed by atoms with van der Waals surface area (Å²) in [7, 11) is 0. The lowest BCUT2D eigenvalue weighted by atomic mass is 9.86. The number of aliphatic hydroxyl groups is 2. The van der Waals surface area contributed by atoms with Gasteiger partial charge in [-0.15, -0.1) is 0 Å². The lowest BCUT2D eigenvalue weighted by Crippen LogP contribution is -2.71. The molecular weight excluding hydrogens is 640 g/mol. The van der Waals surface area contributed by atoms with Crippen molar-refractivity contribution in [2.45, 2.75) is 121 Å². The Labute approximate surface area is 277 Å². The summed E-state index contributed by atoms with van der Waals surface area (Å²) in [5.41, 5.74) is 15.5. The number of nitrogens with two attached hydrogens (primary N) is 3. The number of ether oxygens (including phenoxy) is 2. The third-order valence-corrected chi connectivity index (χ3v) is 8.04. The highest BCUT2D eigenvalue weighted by Crippen LogP contribution is 2.29. The number of amides is 4. The van der Waals surface area contributed by atoms with Gasteiger partial charge in [0.1, 0.15) is 30.4 Å². The minimum atomic E-state index is -2.31. The van der Waals surface area contributed by atoms with Crippen molar-refractivity contribution >= 4 is 41.4 Å². The summed E-state index contributed by atoms with van der Waals surface area (Å²) in [5.74, 6) is -7.67. The van der Waals surface area contributed by atoms with Gasteiger partial charge in [0.15, 0.2) is 23.7 Å². The number of nitrogens with zero attached hydrogens (tertiary/aromatic N) is 1. The minimum Gasteiger partial charge on any atom is -0.480 e. The van der Waals surface area contributed by atoms with Crippen LogP contribution in [0.15, 0.2) is 0 Å². The average molecular weight is 691 g/mol. The number of hydrogen-bond donors (Lipinski definition) is 9. The van der Waals surface area contributed by atoms with Crippen LogP contribution in [0.1, 0.15) is 66.7 Å². The number of ketones is 1. The first kappa shape index (κ1) is 42.3. The van der Waals surface area contributed by atoms with Crippen molar-refractivity contribution in [3.8, 4) is 0 Å². The quantitative estimate of drug-likeness (QED) is 0.0443. The number of Topliss-reactive ketones (excluding diaryl/α,β-unsaturated/α-hetero) is 1. The van der Waals surface area contributed by atoms with E-state index in [9.17, 15) is 54.0 Å². The van der Waals surface area contributed by atoms with Crippen LogP contribution in [-0.2, 0) is 43.0 Å². The van der Waals surface area contributed by atoms with Crippen LogP contribution < -0.4 is 27.8 Å². The predicted molar refractivity (Wildman–Crippen MR) is 165 cm³/mol. The maximum Gasteiger partial charge on any atom is 0.332 e. The molecule has 0 spiro atoms. The number of primary amides is 1. The van der Waals surface area contributed by atoms with Crippen molar-refractivity contribution in [1.29, 1.82) is 0 Å². The molecule has 274 valence electrons. The summed E-state index contributed by atoms with van der Waals surface area (Å²) < 4.78 is 11.2. The van der Waals surface area contributed by atoms with Crippen LogP contribution >= 0.6 is 0 Å². The zero-order valence-electron chi connectivity index (χ0n) is 27.8. The molecule has 1 heterocycles. The second kappa shape index (κ2) is 18.7. The molecule has 0 aliphatic carbocycles. The fourth-order valence-electron chi connectivity index (χ4n) is 5.30. The van der Waals surface area contributed by atoms with Gasteiger partial charge >= 0.3 is 11.9 Å². The number of carboxylic acids is 2. The van der Waals surface area contributed by atoms with Gasteiger partial charge in [-0.3, -0.25) is 24.0 Å². The molecule has 1 saturated heterocycles. The molecule has 1 rings (SSSR count). The maximum atomic E-state index is 13.7.